The van der Waals surface area contributed by atoms with Gasteiger partial charge in [-0.05, 0) is 18.6 Å². The van der Waals surface area contributed by atoms with Crippen molar-refractivity contribution in [2.75, 3.05) is 12.9 Å². The summed E-state index contributed by atoms with van der Waals surface area (Å²) >= 11 is 1.21. The molecular weight excluding hydrogens is 278 g/mol. The number of pyridine rings is 1. The van der Waals surface area contributed by atoms with Gasteiger partial charge in [0.2, 0.25) is 5.88 Å². The van der Waals surface area contributed by atoms with Crippen LogP contribution in [0, 0.1) is 6.92 Å². The number of ether oxygens (including phenoxy) is 1. The quantitative estimate of drug-likeness (QED) is 0.819. The molecule has 7 heteroatoms. The lowest BCUT2D eigenvalue weighted by Gasteiger charge is -2.10. The number of hydrogen-bond acceptors (Lipinski definition) is 5. The van der Waals surface area contributed by atoms with E-state index in [1.807, 2.05) is 23.6 Å². The Morgan fingerprint density at radius 1 is 1.50 bits per heavy atom. The molecular formula is C13H15N3O3S. The second kappa shape index (κ2) is 6.42. The van der Waals surface area contributed by atoms with Crippen molar-refractivity contribution in [1.29, 1.82) is 0 Å². The molecule has 2 heterocycles. The molecule has 2 rings (SSSR count). The summed E-state index contributed by atoms with van der Waals surface area (Å²) in [7, 11) is 1.57. The zero-order valence-corrected chi connectivity index (χ0v) is 12.1. The van der Waals surface area contributed by atoms with Crippen molar-refractivity contribution < 1.29 is 14.6 Å². The molecule has 20 heavy (non-hydrogen) atoms. The number of aromatic nitrogens is 3. The van der Waals surface area contributed by atoms with E-state index in [-0.39, 0.29) is 5.75 Å². The molecule has 0 atom stereocenters. The maximum atomic E-state index is 10.6. The smallest absolute Gasteiger partial charge is 0.313 e. The van der Waals surface area contributed by atoms with Gasteiger partial charge in [0.15, 0.2) is 5.16 Å². The predicted molar refractivity (Wildman–Crippen MR) is 75.2 cm³/mol. The Kier molecular flexibility index (Phi) is 4.62. The second-order valence-corrected chi connectivity index (χ2v) is 5.10. The first kappa shape index (κ1) is 14.4. The van der Waals surface area contributed by atoms with Gasteiger partial charge < -0.3 is 14.4 Å². The number of aryl methyl sites for hydroxylation is 1. The number of carbonyl (C=O) groups is 1. The van der Waals surface area contributed by atoms with E-state index >= 15 is 0 Å². The standard InChI is InChI=1S/C13H15N3O3S/c1-9-6-15-13(20-8-12(17)18)16(9)7-10-3-4-14-11(5-10)19-2/h3-6H,7-8H2,1-2H3,(H,17,18). The summed E-state index contributed by atoms with van der Waals surface area (Å²) in [6.07, 6.45) is 3.42. The van der Waals surface area contributed by atoms with Crippen molar-refractivity contribution in [3.8, 4) is 5.88 Å². The molecule has 0 saturated heterocycles. The van der Waals surface area contributed by atoms with Crippen LogP contribution < -0.4 is 4.74 Å². The van der Waals surface area contributed by atoms with Crippen LogP contribution >= 0.6 is 11.8 Å². The maximum absolute atomic E-state index is 10.6. The number of methoxy groups -OCH3 is 1. The largest absolute Gasteiger partial charge is 0.481 e. The zero-order chi connectivity index (χ0) is 14.5. The molecule has 0 spiro atoms. The fourth-order valence-corrected chi connectivity index (χ4v) is 2.46. The minimum Gasteiger partial charge on any atom is -0.481 e. The van der Waals surface area contributed by atoms with Gasteiger partial charge in [-0.25, -0.2) is 9.97 Å². The molecule has 0 saturated carbocycles. The van der Waals surface area contributed by atoms with Crippen LogP contribution in [-0.4, -0.2) is 38.5 Å². The van der Waals surface area contributed by atoms with Crippen LogP contribution in [-0.2, 0) is 11.3 Å². The van der Waals surface area contributed by atoms with Crippen LogP contribution in [0.3, 0.4) is 0 Å². The molecule has 0 aliphatic rings. The summed E-state index contributed by atoms with van der Waals surface area (Å²) in [4.78, 5) is 19.0. The number of thioether (sulfide) groups is 1. The topological polar surface area (TPSA) is 77.2 Å². The summed E-state index contributed by atoms with van der Waals surface area (Å²) in [6.45, 7) is 2.54. The van der Waals surface area contributed by atoms with Crippen molar-refractivity contribution in [2.45, 2.75) is 18.6 Å². The summed E-state index contributed by atoms with van der Waals surface area (Å²) in [6, 6.07) is 3.75. The van der Waals surface area contributed by atoms with Crippen molar-refractivity contribution in [1.82, 2.24) is 14.5 Å². The van der Waals surface area contributed by atoms with E-state index in [4.69, 9.17) is 9.84 Å². The Labute approximate surface area is 120 Å². The van der Waals surface area contributed by atoms with Gasteiger partial charge >= 0.3 is 5.97 Å². The monoisotopic (exact) mass is 293 g/mol. The van der Waals surface area contributed by atoms with E-state index in [1.54, 1.807) is 19.5 Å². The third kappa shape index (κ3) is 3.51. The number of rotatable bonds is 6. The van der Waals surface area contributed by atoms with Gasteiger partial charge in [-0.2, -0.15) is 0 Å². The van der Waals surface area contributed by atoms with Gasteiger partial charge in [0, 0.05) is 24.2 Å². The highest BCUT2D eigenvalue weighted by Crippen LogP contribution is 2.20. The molecule has 0 bridgehead atoms. The fraction of sp³-hybridized carbons (Fsp3) is 0.308. The highest BCUT2D eigenvalue weighted by molar-refractivity contribution is 7.99. The average Bonchev–Trinajstić information content (AvgIpc) is 2.78. The minimum atomic E-state index is -0.854. The van der Waals surface area contributed by atoms with Crippen molar-refractivity contribution in [3.05, 3.63) is 35.8 Å². The van der Waals surface area contributed by atoms with Gasteiger partial charge in [0.25, 0.3) is 0 Å². The Morgan fingerprint density at radius 2 is 2.30 bits per heavy atom. The third-order valence-electron chi connectivity index (χ3n) is 2.69. The predicted octanol–water partition coefficient (Wildman–Crippen LogP) is 1.82. The lowest BCUT2D eigenvalue weighted by atomic mass is 10.2. The van der Waals surface area contributed by atoms with E-state index < -0.39 is 5.97 Å². The number of hydrogen-bond donors (Lipinski definition) is 1. The maximum Gasteiger partial charge on any atom is 0.313 e. The normalized spacial score (nSPS) is 10.5. The van der Waals surface area contributed by atoms with E-state index in [0.29, 0.717) is 17.6 Å². The molecule has 0 aliphatic carbocycles. The van der Waals surface area contributed by atoms with E-state index in [9.17, 15) is 4.79 Å². The van der Waals surface area contributed by atoms with E-state index in [0.717, 1.165) is 11.3 Å². The Morgan fingerprint density at radius 3 is 3.00 bits per heavy atom. The number of carboxylic acids is 1. The van der Waals surface area contributed by atoms with Crippen LogP contribution in [0.5, 0.6) is 5.88 Å². The summed E-state index contributed by atoms with van der Waals surface area (Å²) < 4.78 is 7.07. The second-order valence-electron chi connectivity index (χ2n) is 4.16. The number of imidazole rings is 1. The lowest BCUT2D eigenvalue weighted by Crippen LogP contribution is -2.06. The first-order valence-corrected chi connectivity index (χ1v) is 6.94. The molecule has 0 unspecified atom stereocenters. The first-order valence-electron chi connectivity index (χ1n) is 5.96. The Balaban J connectivity index is 2.19. The fourth-order valence-electron chi connectivity index (χ4n) is 1.72. The molecule has 1 N–H and O–H groups in total. The SMILES string of the molecule is COc1cc(Cn2c(C)cnc2SCC(=O)O)ccn1. The Hall–Kier alpha value is -2.02. The number of aliphatic carboxylic acids is 1. The van der Waals surface area contributed by atoms with Crippen LogP contribution in [0.15, 0.2) is 29.7 Å². The first-order chi connectivity index (χ1) is 9.60. The molecule has 6 nitrogen and oxygen atoms in total. The summed E-state index contributed by atoms with van der Waals surface area (Å²) in [5.74, 6) is -0.302. The van der Waals surface area contributed by atoms with Crippen LogP contribution in [0.25, 0.3) is 0 Å². The number of nitrogens with zero attached hydrogens (tertiary/aromatic N) is 3. The summed E-state index contributed by atoms with van der Waals surface area (Å²) in [5.41, 5.74) is 2.00. The highest BCUT2D eigenvalue weighted by Gasteiger charge is 2.10. The van der Waals surface area contributed by atoms with Crippen molar-refractivity contribution >= 4 is 17.7 Å². The van der Waals surface area contributed by atoms with Crippen LogP contribution in [0.4, 0.5) is 0 Å². The summed E-state index contributed by atoms with van der Waals surface area (Å²) in [5, 5.41) is 9.44. The van der Waals surface area contributed by atoms with Gasteiger partial charge in [0.05, 0.1) is 19.4 Å². The molecule has 2 aromatic heterocycles. The van der Waals surface area contributed by atoms with Crippen molar-refractivity contribution in [3.63, 3.8) is 0 Å². The highest BCUT2D eigenvalue weighted by atomic mass is 32.2. The molecule has 2 aromatic rings. The average molecular weight is 293 g/mol. The number of carboxylic acid groups (broad SMARTS) is 1. The molecule has 0 radical (unpaired) electrons. The van der Waals surface area contributed by atoms with Crippen LogP contribution in [0.1, 0.15) is 11.3 Å². The van der Waals surface area contributed by atoms with Crippen LogP contribution in [0.2, 0.25) is 0 Å². The molecule has 0 aliphatic heterocycles. The van der Waals surface area contributed by atoms with Gasteiger partial charge in [-0.15, -0.1) is 0 Å². The third-order valence-corrected chi connectivity index (χ3v) is 3.67. The van der Waals surface area contributed by atoms with Crippen molar-refractivity contribution in [2.24, 2.45) is 0 Å². The van der Waals surface area contributed by atoms with Gasteiger partial charge in [-0.1, -0.05) is 11.8 Å². The molecule has 106 valence electrons. The van der Waals surface area contributed by atoms with E-state index in [2.05, 4.69) is 9.97 Å². The molecule has 0 fully saturated rings. The van der Waals surface area contributed by atoms with Gasteiger partial charge in [0.1, 0.15) is 0 Å². The Bertz CT molecular complexity index is 613. The van der Waals surface area contributed by atoms with E-state index in [1.165, 1.54) is 11.8 Å². The van der Waals surface area contributed by atoms with Gasteiger partial charge in [-0.3, -0.25) is 4.79 Å². The minimum absolute atomic E-state index is 0.00385. The lowest BCUT2D eigenvalue weighted by molar-refractivity contribution is -0.133. The zero-order valence-electron chi connectivity index (χ0n) is 11.2. The molecule has 0 amide bonds. The molecule has 0 aromatic carbocycles.